The number of methoxy groups -OCH3 is 1. The van der Waals surface area contributed by atoms with Crippen molar-refractivity contribution in [3.05, 3.63) is 0 Å². The van der Waals surface area contributed by atoms with Gasteiger partial charge in [-0.25, -0.2) is 0 Å². The maximum absolute atomic E-state index is 11.1. The van der Waals surface area contributed by atoms with Gasteiger partial charge in [0.05, 0.1) is 12.5 Å². The fourth-order valence-corrected chi connectivity index (χ4v) is 2.73. The van der Waals surface area contributed by atoms with E-state index in [9.17, 15) is 4.79 Å². The molecule has 2 rings (SSSR count). The zero-order valence-electron chi connectivity index (χ0n) is 8.45. The van der Waals surface area contributed by atoms with E-state index in [1.54, 1.807) is 7.11 Å². The summed E-state index contributed by atoms with van der Waals surface area (Å²) in [6, 6.07) is 0. The number of aliphatic carboxylic acids is 1. The van der Waals surface area contributed by atoms with Crippen LogP contribution >= 0.6 is 0 Å². The third-order valence-electron chi connectivity index (χ3n) is 3.60. The minimum Gasteiger partial charge on any atom is -0.481 e. The van der Waals surface area contributed by atoms with Crippen LogP contribution in [-0.4, -0.2) is 37.9 Å². The Bertz CT molecular complexity index is 240. The Morgan fingerprint density at radius 1 is 1.64 bits per heavy atom. The molecule has 4 heteroatoms. The van der Waals surface area contributed by atoms with E-state index in [1.807, 2.05) is 0 Å². The summed E-state index contributed by atoms with van der Waals surface area (Å²) >= 11 is 0. The summed E-state index contributed by atoms with van der Waals surface area (Å²) in [6.45, 7) is 1.96. The van der Waals surface area contributed by atoms with E-state index in [-0.39, 0.29) is 11.3 Å². The molecule has 0 radical (unpaired) electrons. The summed E-state index contributed by atoms with van der Waals surface area (Å²) in [7, 11) is 1.65. The molecule has 2 atom stereocenters. The predicted molar refractivity (Wildman–Crippen MR) is 51.0 cm³/mol. The molecule has 2 unspecified atom stereocenters. The van der Waals surface area contributed by atoms with Crippen LogP contribution in [0.1, 0.15) is 12.8 Å². The van der Waals surface area contributed by atoms with E-state index < -0.39 is 5.97 Å². The number of carboxylic acid groups (broad SMARTS) is 1. The second-order valence-corrected chi connectivity index (χ2v) is 4.46. The van der Waals surface area contributed by atoms with E-state index in [2.05, 4.69) is 5.32 Å². The van der Waals surface area contributed by atoms with Gasteiger partial charge in [-0.2, -0.15) is 0 Å². The average molecular weight is 199 g/mol. The van der Waals surface area contributed by atoms with Crippen molar-refractivity contribution in [3.63, 3.8) is 0 Å². The van der Waals surface area contributed by atoms with Gasteiger partial charge in [-0.05, 0) is 18.8 Å². The molecule has 1 saturated carbocycles. The van der Waals surface area contributed by atoms with Gasteiger partial charge in [-0.1, -0.05) is 0 Å². The van der Waals surface area contributed by atoms with Crippen LogP contribution in [0.15, 0.2) is 0 Å². The Hall–Kier alpha value is -0.610. The van der Waals surface area contributed by atoms with Crippen LogP contribution in [0, 0.1) is 17.3 Å². The van der Waals surface area contributed by atoms with Crippen molar-refractivity contribution in [3.8, 4) is 0 Å². The van der Waals surface area contributed by atoms with Crippen molar-refractivity contribution in [1.82, 2.24) is 5.32 Å². The molecule has 1 aliphatic carbocycles. The van der Waals surface area contributed by atoms with Gasteiger partial charge in [0.25, 0.3) is 0 Å². The van der Waals surface area contributed by atoms with Gasteiger partial charge in [0.15, 0.2) is 0 Å². The lowest BCUT2D eigenvalue weighted by Crippen LogP contribution is -2.40. The monoisotopic (exact) mass is 199 g/mol. The first kappa shape index (κ1) is 9.93. The van der Waals surface area contributed by atoms with Crippen LogP contribution in [0.4, 0.5) is 0 Å². The molecule has 1 saturated heterocycles. The van der Waals surface area contributed by atoms with E-state index in [1.165, 1.54) is 0 Å². The smallest absolute Gasteiger partial charge is 0.308 e. The first-order chi connectivity index (χ1) is 6.70. The number of nitrogens with one attached hydrogen (secondary N) is 1. The number of carboxylic acids is 1. The molecule has 80 valence electrons. The molecule has 1 aliphatic heterocycles. The molecule has 0 amide bonds. The molecule has 1 heterocycles. The third-order valence-corrected chi connectivity index (χ3v) is 3.60. The number of carbonyl (C=O) groups is 1. The average Bonchev–Trinajstić information content (AvgIpc) is 2.89. The van der Waals surface area contributed by atoms with E-state index in [0.717, 1.165) is 19.4 Å². The normalized spacial score (nSPS) is 37.4. The Kier molecular flexibility index (Phi) is 2.49. The minimum atomic E-state index is -0.682. The van der Waals surface area contributed by atoms with Crippen molar-refractivity contribution in [2.45, 2.75) is 12.8 Å². The Morgan fingerprint density at radius 3 is 2.86 bits per heavy atom. The fourth-order valence-electron chi connectivity index (χ4n) is 2.73. The topological polar surface area (TPSA) is 58.6 Å². The zero-order valence-corrected chi connectivity index (χ0v) is 8.45. The number of ether oxygens (including phenoxy) is 1. The van der Waals surface area contributed by atoms with Gasteiger partial charge < -0.3 is 15.2 Å². The second-order valence-electron chi connectivity index (χ2n) is 4.46. The summed E-state index contributed by atoms with van der Waals surface area (Å²) in [5.41, 5.74) is -0.138. The van der Waals surface area contributed by atoms with Crippen molar-refractivity contribution in [2.75, 3.05) is 26.8 Å². The molecule has 14 heavy (non-hydrogen) atoms. The highest BCUT2D eigenvalue weighted by Gasteiger charge is 2.55. The lowest BCUT2D eigenvalue weighted by Gasteiger charge is -2.31. The van der Waals surface area contributed by atoms with E-state index in [4.69, 9.17) is 9.84 Å². The predicted octanol–water partition coefficient (Wildman–Crippen LogP) is 0.333. The highest BCUT2D eigenvalue weighted by atomic mass is 16.5. The SMILES string of the molecule is COCC1(C2CC2)CNCC1C(=O)O. The summed E-state index contributed by atoms with van der Waals surface area (Å²) in [6.07, 6.45) is 2.32. The molecule has 0 spiro atoms. The van der Waals surface area contributed by atoms with Gasteiger partial charge in [0, 0.05) is 25.6 Å². The summed E-state index contributed by atoms with van der Waals surface area (Å²) in [5, 5.41) is 12.3. The molecule has 0 aromatic rings. The standard InChI is InChI=1S/C10H17NO3/c1-14-6-10(7-2-3-7)5-11-4-8(10)9(12)13/h7-8,11H,2-6H2,1H3,(H,12,13). The number of rotatable bonds is 4. The Morgan fingerprint density at radius 2 is 2.36 bits per heavy atom. The maximum Gasteiger partial charge on any atom is 0.308 e. The molecule has 2 aliphatic rings. The second kappa shape index (κ2) is 3.51. The molecule has 4 nitrogen and oxygen atoms in total. The number of hydrogen-bond donors (Lipinski definition) is 2. The molecule has 0 aromatic heterocycles. The highest BCUT2D eigenvalue weighted by molar-refractivity contribution is 5.72. The summed E-state index contributed by atoms with van der Waals surface area (Å²) < 4.78 is 5.21. The first-order valence-electron chi connectivity index (χ1n) is 5.13. The van der Waals surface area contributed by atoms with Crippen LogP contribution in [-0.2, 0) is 9.53 Å². The Balaban J connectivity index is 2.18. The minimum absolute atomic E-state index is 0.138. The highest BCUT2D eigenvalue weighted by Crippen LogP contribution is 2.51. The van der Waals surface area contributed by atoms with Gasteiger partial charge in [-0.15, -0.1) is 0 Å². The van der Waals surface area contributed by atoms with Gasteiger partial charge in [0.1, 0.15) is 0 Å². The lowest BCUT2D eigenvalue weighted by molar-refractivity contribution is -0.146. The van der Waals surface area contributed by atoms with Gasteiger partial charge in [-0.3, -0.25) is 4.79 Å². The van der Waals surface area contributed by atoms with Crippen LogP contribution < -0.4 is 5.32 Å². The van der Waals surface area contributed by atoms with Gasteiger partial charge in [0.2, 0.25) is 0 Å². The first-order valence-corrected chi connectivity index (χ1v) is 5.13. The van der Waals surface area contributed by atoms with Crippen molar-refractivity contribution in [2.24, 2.45) is 17.3 Å². The lowest BCUT2D eigenvalue weighted by atomic mass is 9.74. The van der Waals surface area contributed by atoms with E-state index >= 15 is 0 Å². The number of hydrogen-bond acceptors (Lipinski definition) is 3. The van der Waals surface area contributed by atoms with Crippen LogP contribution in [0.5, 0.6) is 0 Å². The largest absolute Gasteiger partial charge is 0.481 e. The van der Waals surface area contributed by atoms with Crippen LogP contribution in [0.25, 0.3) is 0 Å². The third kappa shape index (κ3) is 1.42. The molecule has 0 bridgehead atoms. The maximum atomic E-state index is 11.1. The molecule has 0 aromatic carbocycles. The van der Waals surface area contributed by atoms with Crippen molar-refractivity contribution < 1.29 is 14.6 Å². The van der Waals surface area contributed by atoms with Gasteiger partial charge >= 0.3 is 5.97 Å². The van der Waals surface area contributed by atoms with E-state index in [0.29, 0.717) is 19.1 Å². The molecule has 2 fully saturated rings. The van der Waals surface area contributed by atoms with Crippen LogP contribution in [0.2, 0.25) is 0 Å². The summed E-state index contributed by atoms with van der Waals surface area (Å²) in [5.74, 6) is -0.396. The molecule has 2 N–H and O–H groups in total. The van der Waals surface area contributed by atoms with Crippen molar-refractivity contribution >= 4 is 5.97 Å². The van der Waals surface area contributed by atoms with Crippen molar-refractivity contribution in [1.29, 1.82) is 0 Å². The molecular formula is C10H17NO3. The summed E-state index contributed by atoms with van der Waals surface area (Å²) in [4.78, 5) is 11.1. The zero-order chi connectivity index (χ0) is 10.2. The fraction of sp³-hybridized carbons (Fsp3) is 0.900. The Labute approximate surface area is 83.6 Å². The quantitative estimate of drug-likeness (QED) is 0.685. The molecular weight excluding hydrogens is 182 g/mol. The van der Waals surface area contributed by atoms with Crippen LogP contribution in [0.3, 0.4) is 0 Å².